The Balaban J connectivity index is 3.53. The average molecular weight is 263 g/mol. The van der Waals surface area contributed by atoms with Gasteiger partial charge in [-0.05, 0) is 19.1 Å². The summed E-state index contributed by atoms with van der Waals surface area (Å²) in [4.78, 5) is 23.0. The number of pyridine rings is 1. The summed E-state index contributed by atoms with van der Waals surface area (Å²) in [7, 11) is 1.27. The van der Waals surface area contributed by atoms with Crippen LogP contribution < -0.4 is 16.6 Å². The van der Waals surface area contributed by atoms with Crippen LogP contribution in [0.3, 0.4) is 0 Å². The SMILES string of the molecule is CNC(=O)[C@@H](C)n1c(C(F)(F)F)ccc(N)c1=O. The van der Waals surface area contributed by atoms with Crippen molar-refractivity contribution < 1.29 is 18.0 Å². The number of likely N-dealkylation sites (N-methyl/N-ethyl adjacent to an activating group) is 1. The molecule has 18 heavy (non-hydrogen) atoms. The van der Waals surface area contributed by atoms with Gasteiger partial charge in [0.2, 0.25) is 5.91 Å². The van der Waals surface area contributed by atoms with Gasteiger partial charge in [-0.2, -0.15) is 13.2 Å². The highest BCUT2D eigenvalue weighted by Gasteiger charge is 2.36. The van der Waals surface area contributed by atoms with Gasteiger partial charge in [0.25, 0.3) is 5.56 Å². The Hall–Kier alpha value is -1.99. The van der Waals surface area contributed by atoms with Gasteiger partial charge in [-0.3, -0.25) is 14.2 Å². The van der Waals surface area contributed by atoms with E-state index in [9.17, 15) is 22.8 Å². The molecule has 0 aliphatic rings. The van der Waals surface area contributed by atoms with Gasteiger partial charge in [0, 0.05) is 7.05 Å². The molecule has 1 aromatic rings. The third kappa shape index (κ3) is 2.47. The molecule has 1 heterocycles. The molecule has 100 valence electrons. The van der Waals surface area contributed by atoms with Gasteiger partial charge >= 0.3 is 6.18 Å². The summed E-state index contributed by atoms with van der Waals surface area (Å²) >= 11 is 0. The van der Waals surface area contributed by atoms with Crippen molar-refractivity contribution in [1.82, 2.24) is 9.88 Å². The lowest BCUT2D eigenvalue weighted by molar-refractivity contribution is -0.145. The van der Waals surface area contributed by atoms with E-state index in [2.05, 4.69) is 5.32 Å². The number of nitrogens with zero attached hydrogens (tertiary/aromatic N) is 1. The van der Waals surface area contributed by atoms with Crippen molar-refractivity contribution in [2.24, 2.45) is 0 Å². The van der Waals surface area contributed by atoms with Gasteiger partial charge < -0.3 is 11.1 Å². The van der Waals surface area contributed by atoms with Gasteiger partial charge in [-0.25, -0.2) is 0 Å². The molecule has 1 aromatic heterocycles. The molecule has 0 aromatic carbocycles. The lowest BCUT2D eigenvalue weighted by Gasteiger charge is -2.20. The molecule has 3 N–H and O–H groups in total. The van der Waals surface area contributed by atoms with Gasteiger partial charge in [-0.15, -0.1) is 0 Å². The van der Waals surface area contributed by atoms with E-state index in [1.54, 1.807) is 0 Å². The Bertz CT molecular complexity index is 522. The number of amides is 1. The fourth-order valence-corrected chi connectivity index (χ4v) is 1.51. The molecule has 0 saturated carbocycles. The van der Waals surface area contributed by atoms with Crippen molar-refractivity contribution in [2.75, 3.05) is 12.8 Å². The molecule has 0 saturated heterocycles. The molecule has 1 amide bonds. The normalized spacial score (nSPS) is 13.2. The quantitative estimate of drug-likeness (QED) is 0.826. The molecule has 0 aliphatic heterocycles. The maximum Gasteiger partial charge on any atom is 0.431 e. The second kappa shape index (κ2) is 4.71. The van der Waals surface area contributed by atoms with Crippen LogP contribution in [0.2, 0.25) is 0 Å². The predicted molar refractivity (Wildman–Crippen MR) is 58.9 cm³/mol. The van der Waals surface area contributed by atoms with Crippen LogP contribution >= 0.6 is 0 Å². The van der Waals surface area contributed by atoms with Gasteiger partial charge in [0.05, 0.1) is 5.69 Å². The lowest BCUT2D eigenvalue weighted by Crippen LogP contribution is -2.38. The highest BCUT2D eigenvalue weighted by atomic mass is 19.4. The van der Waals surface area contributed by atoms with Gasteiger partial charge in [-0.1, -0.05) is 0 Å². The average Bonchev–Trinajstić information content (AvgIpc) is 2.29. The number of anilines is 1. The summed E-state index contributed by atoms with van der Waals surface area (Å²) in [5, 5.41) is 2.18. The van der Waals surface area contributed by atoms with Crippen molar-refractivity contribution in [2.45, 2.75) is 19.1 Å². The fraction of sp³-hybridized carbons (Fsp3) is 0.400. The van der Waals surface area contributed by atoms with Gasteiger partial charge in [0.1, 0.15) is 11.7 Å². The number of carbonyl (C=O) groups is 1. The standard InChI is InChI=1S/C10H12F3N3O2/c1-5(8(17)15-2)16-7(10(11,12)13)4-3-6(14)9(16)18/h3-5H,14H2,1-2H3,(H,15,17)/t5-/m1/s1. The molecule has 0 aliphatic carbocycles. The smallest absolute Gasteiger partial charge is 0.394 e. The summed E-state index contributed by atoms with van der Waals surface area (Å²) < 4.78 is 38.6. The molecule has 0 unspecified atom stereocenters. The number of halogens is 3. The second-order valence-corrected chi connectivity index (χ2v) is 3.64. The number of hydrogen-bond acceptors (Lipinski definition) is 3. The van der Waals surface area contributed by atoms with E-state index in [0.717, 1.165) is 6.07 Å². The number of nitrogens with one attached hydrogen (secondary N) is 1. The van der Waals surface area contributed by atoms with Crippen LogP contribution in [-0.2, 0) is 11.0 Å². The molecule has 0 radical (unpaired) electrons. The zero-order chi connectivity index (χ0) is 14.1. The van der Waals surface area contributed by atoms with E-state index < -0.39 is 29.4 Å². The second-order valence-electron chi connectivity index (χ2n) is 3.64. The van der Waals surface area contributed by atoms with Crippen LogP contribution in [0.15, 0.2) is 16.9 Å². The summed E-state index contributed by atoms with van der Waals surface area (Å²) in [6.07, 6.45) is -4.74. The van der Waals surface area contributed by atoms with Crippen molar-refractivity contribution in [3.63, 3.8) is 0 Å². The number of carbonyl (C=O) groups excluding carboxylic acids is 1. The van der Waals surface area contributed by atoms with Crippen LogP contribution in [0.5, 0.6) is 0 Å². The van der Waals surface area contributed by atoms with Crippen LogP contribution in [0.25, 0.3) is 0 Å². The van der Waals surface area contributed by atoms with Gasteiger partial charge in [0.15, 0.2) is 0 Å². The largest absolute Gasteiger partial charge is 0.431 e. The molecular formula is C10H12F3N3O2. The van der Waals surface area contributed by atoms with Crippen molar-refractivity contribution in [3.8, 4) is 0 Å². The third-order valence-corrected chi connectivity index (χ3v) is 2.45. The first-order chi connectivity index (χ1) is 8.20. The van der Waals surface area contributed by atoms with Crippen molar-refractivity contribution in [3.05, 3.63) is 28.2 Å². The number of hydrogen-bond donors (Lipinski definition) is 2. The van der Waals surface area contributed by atoms with E-state index in [0.29, 0.717) is 10.6 Å². The Labute approximate surface area is 100 Å². The summed E-state index contributed by atoms with van der Waals surface area (Å²) in [6.45, 7) is 1.19. The van der Waals surface area contributed by atoms with E-state index >= 15 is 0 Å². The Morgan fingerprint density at radius 1 is 1.44 bits per heavy atom. The fourth-order valence-electron chi connectivity index (χ4n) is 1.51. The number of alkyl halides is 3. The Morgan fingerprint density at radius 2 is 2.00 bits per heavy atom. The van der Waals surface area contributed by atoms with Crippen molar-refractivity contribution in [1.29, 1.82) is 0 Å². The number of nitrogens with two attached hydrogens (primary N) is 1. The van der Waals surface area contributed by atoms with Crippen LogP contribution in [-0.4, -0.2) is 17.5 Å². The van der Waals surface area contributed by atoms with E-state index in [-0.39, 0.29) is 5.69 Å². The minimum absolute atomic E-state index is 0.341. The van der Waals surface area contributed by atoms with Crippen LogP contribution in [0, 0.1) is 0 Å². The zero-order valence-electron chi connectivity index (χ0n) is 9.71. The minimum atomic E-state index is -4.74. The first-order valence-corrected chi connectivity index (χ1v) is 5.00. The molecule has 1 rings (SSSR count). The number of rotatable bonds is 2. The maximum absolute atomic E-state index is 12.8. The number of nitrogen functional groups attached to an aromatic ring is 1. The van der Waals surface area contributed by atoms with Crippen molar-refractivity contribution >= 4 is 11.6 Å². The van der Waals surface area contributed by atoms with E-state index in [4.69, 9.17) is 5.73 Å². The number of aromatic nitrogens is 1. The van der Waals surface area contributed by atoms with E-state index in [1.807, 2.05) is 0 Å². The monoisotopic (exact) mass is 263 g/mol. The summed E-state index contributed by atoms with van der Waals surface area (Å²) in [6, 6.07) is 0.247. The van der Waals surface area contributed by atoms with Crippen LogP contribution in [0.4, 0.5) is 18.9 Å². The lowest BCUT2D eigenvalue weighted by atomic mass is 10.2. The topological polar surface area (TPSA) is 77.1 Å². The molecule has 0 fully saturated rings. The third-order valence-electron chi connectivity index (χ3n) is 2.45. The summed E-state index contributed by atoms with van der Waals surface area (Å²) in [5.41, 5.74) is 2.68. The maximum atomic E-state index is 12.8. The zero-order valence-corrected chi connectivity index (χ0v) is 9.71. The molecule has 0 bridgehead atoms. The first kappa shape index (κ1) is 14.1. The molecule has 0 spiro atoms. The highest BCUT2D eigenvalue weighted by Crippen LogP contribution is 2.30. The Kier molecular flexibility index (Phi) is 3.68. The molecule has 8 heteroatoms. The van der Waals surface area contributed by atoms with E-state index in [1.165, 1.54) is 14.0 Å². The Morgan fingerprint density at radius 3 is 2.44 bits per heavy atom. The predicted octanol–water partition coefficient (Wildman–Crippen LogP) is 0.756. The highest BCUT2D eigenvalue weighted by molar-refractivity contribution is 5.79. The molecule has 1 atom stereocenters. The van der Waals surface area contributed by atoms with Crippen LogP contribution in [0.1, 0.15) is 18.7 Å². The molecule has 5 nitrogen and oxygen atoms in total. The summed E-state index contributed by atoms with van der Waals surface area (Å²) in [5.74, 6) is -0.715. The minimum Gasteiger partial charge on any atom is -0.394 e. The first-order valence-electron chi connectivity index (χ1n) is 5.00. The molecular weight excluding hydrogens is 251 g/mol.